The van der Waals surface area contributed by atoms with Gasteiger partial charge in [-0.3, -0.25) is 9.69 Å². The maximum atomic E-state index is 11.8. The van der Waals surface area contributed by atoms with Gasteiger partial charge in [-0.15, -0.1) is 0 Å². The molecule has 1 aliphatic rings. The Kier molecular flexibility index (Phi) is 7.45. The highest BCUT2D eigenvalue weighted by atomic mass is 16.5. The highest BCUT2D eigenvalue weighted by Gasteiger charge is 2.21. The van der Waals surface area contributed by atoms with Crippen molar-refractivity contribution in [1.29, 1.82) is 0 Å². The Labute approximate surface area is 126 Å². The number of carboxylic acid groups (broad SMARTS) is 1. The lowest BCUT2D eigenvalue weighted by Crippen LogP contribution is -2.49. The van der Waals surface area contributed by atoms with E-state index in [4.69, 9.17) is 9.84 Å². The summed E-state index contributed by atoms with van der Waals surface area (Å²) < 4.78 is 5.28. The van der Waals surface area contributed by atoms with Crippen LogP contribution in [-0.2, 0) is 9.53 Å². The summed E-state index contributed by atoms with van der Waals surface area (Å²) in [6, 6.07) is -0.243. The molecular formula is C14H27N3O4. The number of nitrogens with zero attached hydrogens (tertiary/aromatic N) is 1. The van der Waals surface area contributed by atoms with Gasteiger partial charge >= 0.3 is 12.0 Å². The molecule has 3 N–H and O–H groups in total. The topological polar surface area (TPSA) is 90.9 Å². The van der Waals surface area contributed by atoms with Crippen LogP contribution in [0.2, 0.25) is 0 Å². The first-order chi connectivity index (χ1) is 9.89. The molecule has 21 heavy (non-hydrogen) atoms. The van der Waals surface area contributed by atoms with Gasteiger partial charge in [0.05, 0.1) is 13.2 Å². The Hall–Kier alpha value is -1.34. The van der Waals surface area contributed by atoms with Crippen molar-refractivity contribution < 1.29 is 19.4 Å². The molecule has 0 spiro atoms. The highest BCUT2D eigenvalue weighted by molar-refractivity contribution is 5.74. The van der Waals surface area contributed by atoms with Crippen LogP contribution in [0, 0.1) is 0 Å². The predicted octanol–water partition coefficient (Wildman–Crippen LogP) is 0.651. The highest BCUT2D eigenvalue weighted by Crippen LogP contribution is 2.10. The number of carboxylic acids is 1. The number of carbonyl (C=O) groups is 2. The van der Waals surface area contributed by atoms with Crippen LogP contribution in [0.5, 0.6) is 0 Å². The van der Waals surface area contributed by atoms with E-state index in [1.807, 2.05) is 13.8 Å². The van der Waals surface area contributed by atoms with Gasteiger partial charge in [-0.25, -0.2) is 4.79 Å². The van der Waals surface area contributed by atoms with E-state index in [0.29, 0.717) is 13.0 Å². The fourth-order valence-corrected chi connectivity index (χ4v) is 2.16. The molecular weight excluding hydrogens is 274 g/mol. The molecule has 0 aromatic carbocycles. The lowest BCUT2D eigenvalue weighted by atomic mass is 9.99. The summed E-state index contributed by atoms with van der Waals surface area (Å²) in [5, 5.41) is 14.3. The lowest BCUT2D eigenvalue weighted by Gasteiger charge is -2.27. The molecule has 0 atom stereocenters. The van der Waals surface area contributed by atoms with Crippen molar-refractivity contribution in [3.05, 3.63) is 0 Å². The van der Waals surface area contributed by atoms with Crippen LogP contribution in [0.4, 0.5) is 4.79 Å². The van der Waals surface area contributed by atoms with Crippen LogP contribution in [0.3, 0.4) is 0 Å². The molecule has 0 saturated carbocycles. The molecule has 1 heterocycles. The van der Waals surface area contributed by atoms with Gasteiger partial charge in [-0.1, -0.05) is 0 Å². The number of morpholine rings is 1. The van der Waals surface area contributed by atoms with E-state index >= 15 is 0 Å². The van der Waals surface area contributed by atoms with Crippen LogP contribution in [0.1, 0.15) is 33.1 Å². The SMILES string of the molecule is CC(C)(CCC(=O)O)NC(=O)NCCCN1CCOCC1. The van der Waals surface area contributed by atoms with Crippen molar-refractivity contribution in [3.8, 4) is 0 Å². The molecule has 0 unspecified atom stereocenters. The Balaban J connectivity index is 2.10. The first kappa shape index (κ1) is 17.7. The number of hydrogen-bond donors (Lipinski definition) is 3. The fourth-order valence-electron chi connectivity index (χ4n) is 2.16. The molecule has 1 fully saturated rings. The number of aliphatic carboxylic acids is 1. The number of amides is 2. The van der Waals surface area contributed by atoms with Crippen molar-refractivity contribution in [1.82, 2.24) is 15.5 Å². The van der Waals surface area contributed by atoms with Gasteiger partial charge in [-0.2, -0.15) is 0 Å². The average molecular weight is 301 g/mol. The summed E-state index contributed by atoms with van der Waals surface area (Å²) >= 11 is 0. The molecule has 0 aromatic rings. The number of carbonyl (C=O) groups excluding carboxylic acids is 1. The molecule has 1 rings (SSSR count). The molecule has 2 amide bonds. The summed E-state index contributed by atoms with van der Waals surface area (Å²) in [5.74, 6) is -0.851. The standard InChI is InChI=1S/C14H27N3O4/c1-14(2,5-4-12(18)19)16-13(20)15-6-3-7-17-8-10-21-11-9-17/h3-11H2,1-2H3,(H,18,19)(H2,15,16,20). The molecule has 122 valence electrons. The summed E-state index contributed by atoms with van der Waals surface area (Å²) in [6.45, 7) is 8.68. The van der Waals surface area contributed by atoms with Gasteiger partial charge in [0.25, 0.3) is 0 Å². The van der Waals surface area contributed by atoms with Gasteiger partial charge in [0, 0.05) is 31.6 Å². The van der Waals surface area contributed by atoms with Crippen molar-refractivity contribution >= 4 is 12.0 Å². The normalized spacial score (nSPS) is 16.5. The molecule has 1 saturated heterocycles. The molecule has 0 aromatic heterocycles. The Morgan fingerprint density at radius 3 is 2.57 bits per heavy atom. The predicted molar refractivity (Wildman–Crippen MR) is 79.4 cm³/mol. The first-order valence-electron chi connectivity index (χ1n) is 7.47. The quantitative estimate of drug-likeness (QED) is 0.573. The summed E-state index contributed by atoms with van der Waals surface area (Å²) in [4.78, 5) is 24.6. The van der Waals surface area contributed by atoms with Crippen molar-refractivity contribution in [2.45, 2.75) is 38.6 Å². The molecule has 0 bridgehead atoms. The first-order valence-corrected chi connectivity index (χ1v) is 7.47. The average Bonchev–Trinajstić information content (AvgIpc) is 2.42. The van der Waals surface area contributed by atoms with Gasteiger partial charge in [0.1, 0.15) is 0 Å². The number of urea groups is 1. The number of hydrogen-bond acceptors (Lipinski definition) is 4. The smallest absolute Gasteiger partial charge is 0.315 e. The van der Waals surface area contributed by atoms with E-state index in [1.54, 1.807) is 0 Å². The van der Waals surface area contributed by atoms with E-state index in [0.717, 1.165) is 39.3 Å². The maximum absolute atomic E-state index is 11.8. The van der Waals surface area contributed by atoms with Crippen molar-refractivity contribution in [2.24, 2.45) is 0 Å². The minimum absolute atomic E-state index is 0.0459. The summed E-state index contributed by atoms with van der Waals surface area (Å²) in [6.07, 6.45) is 1.34. The van der Waals surface area contributed by atoms with Gasteiger partial charge < -0.3 is 20.5 Å². The van der Waals surface area contributed by atoms with E-state index < -0.39 is 11.5 Å². The number of rotatable bonds is 8. The van der Waals surface area contributed by atoms with Gasteiger partial charge in [-0.05, 0) is 33.2 Å². The minimum Gasteiger partial charge on any atom is -0.481 e. The second-order valence-corrected chi connectivity index (χ2v) is 5.97. The zero-order valence-corrected chi connectivity index (χ0v) is 13.0. The zero-order valence-electron chi connectivity index (χ0n) is 13.0. The lowest BCUT2D eigenvalue weighted by molar-refractivity contribution is -0.137. The van der Waals surface area contributed by atoms with Crippen LogP contribution in [0.25, 0.3) is 0 Å². The van der Waals surface area contributed by atoms with Crippen LogP contribution >= 0.6 is 0 Å². The summed E-state index contributed by atoms with van der Waals surface area (Å²) in [5.41, 5.74) is -0.521. The van der Waals surface area contributed by atoms with E-state index in [9.17, 15) is 9.59 Å². The van der Waals surface area contributed by atoms with Gasteiger partial charge in [0.15, 0.2) is 0 Å². The Bertz CT molecular complexity index is 341. The number of ether oxygens (including phenoxy) is 1. The zero-order chi connectivity index (χ0) is 15.7. The monoisotopic (exact) mass is 301 g/mol. The van der Waals surface area contributed by atoms with E-state index in [-0.39, 0.29) is 12.5 Å². The van der Waals surface area contributed by atoms with Crippen LogP contribution in [0.15, 0.2) is 0 Å². The molecule has 1 aliphatic heterocycles. The van der Waals surface area contributed by atoms with Crippen molar-refractivity contribution in [2.75, 3.05) is 39.4 Å². The van der Waals surface area contributed by atoms with E-state index in [1.165, 1.54) is 0 Å². The van der Waals surface area contributed by atoms with Crippen LogP contribution < -0.4 is 10.6 Å². The summed E-state index contributed by atoms with van der Waals surface area (Å²) in [7, 11) is 0. The molecule has 7 nitrogen and oxygen atoms in total. The second kappa shape index (κ2) is 8.84. The second-order valence-electron chi connectivity index (χ2n) is 5.97. The third-order valence-electron chi connectivity index (χ3n) is 3.46. The Morgan fingerprint density at radius 1 is 1.29 bits per heavy atom. The van der Waals surface area contributed by atoms with Crippen molar-refractivity contribution in [3.63, 3.8) is 0 Å². The molecule has 0 radical (unpaired) electrons. The number of nitrogens with one attached hydrogen (secondary N) is 2. The minimum atomic E-state index is -0.851. The maximum Gasteiger partial charge on any atom is 0.315 e. The Morgan fingerprint density at radius 2 is 1.95 bits per heavy atom. The van der Waals surface area contributed by atoms with Gasteiger partial charge in [0.2, 0.25) is 0 Å². The third kappa shape index (κ3) is 8.52. The third-order valence-corrected chi connectivity index (χ3v) is 3.46. The fraction of sp³-hybridized carbons (Fsp3) is 0.857. The molecule has 7 heteroatoms. The van der Waals surface area contributed by atoms with Crippen LogP contribution in [-0.4, -0.2) is 66.9 Å². The largest absolute Gasteiger partial charge is 0.481 e. The molecule has 0 aliphatic carbocycles. The van der Waals surface area contributed by atoms with E-state index in [2.05, 4.69) is 15.5 Å².